The van der Waals surface area contributed by atoms with Crippen LogP contribution in [0, 0.1) is 0 Å². The van der Waals surface area contributed by atoms with Gasteiger partial charge in [0.2, 0.25) is 0 Å². The monoisotopic (exact) mass is 629 g/mol. The molecule has 0 atom stereocenters. The lowest BCUT2D eigenvalue weighted by molar-refractivity contribution is 0.269. The number of hydrogen-bond donors (Lipinski definition) is 0. The van der Waals surface area contributed by atoms with Gasteiger partial charge < -0.3 is 19.1 Å². The van der Waals surface area contributed by atoms with E-state index in [0.29, 0.717) is 6.67 Å². The molecule has 4 heterocycles. The molecule has 1 aromatic heterocycles. The van der Waals surface area contributed by atoms with Crippen molar-refractivity contribution in [3.63, 3.8) is 0 Å². The van der Waals surface area contributed by atoms with E-state index in [4.69, 9.17) is 9.25 Å². The maximum Gasteiger partial charge on any atom is 0.252 e. The first-order valence-corrected chi connectivity index (χ1v) is 16.7. The predicted molar refractivity (Wildman–Crippen MR) is 201 cm³/mol. The van der Waals surface area contributed by atoms with E-state index in [9.17, 15) is 0 Å². The molecule has 8 aromatic rings. The van der Waals surface area contributed by atoms with Gasteiger partial charge in [0.1, 0.15) is 17.8 Å². The molecule has 11 rings (SSSR count). The molecule has 0 radical (unpaired) electrons. The van der Waals surface area contributed by atoms with Crippen molar-refractivity contribution in [3.8, 4) is 16.9 Å². The van der Waals surface area contributed by atoms with E-state index in [1.54, 1.807) is 0 Å². The van der Waals surface area contributed by atoms with E-state index in [1.165, 1.54) is 33.5 Å². The van der Waals surface area contributed by atoms with Gasteiger partial charge >= 0.3 is 0 Å². The summed E-state index contributed by atoms with van der Waals surface area (Å²) >= 11 is 0. The number of hydroxylamine groups is 1. The highest BCUT2D eigenvalue weighted by atomic mass is 16.7. The number of benzene rings is 7. The van der Waals surface area contributed by atoms with Crippen LogP contribution in [0.5, 0.6) is 5.75 Å². The number of para-hydroxylation sites is 4. The van der Waals surface area contributed by atoms with E-state index >= 15 is 0 Å². The average Bonchev–Trinajstić information content (AvgIpc) is 3.54. The lowest BCUT2D eigenvalue weighted by Gasteiger charge is -2.47. The molecule has 0 amide bonds. The average molecular weight is 630 g/mol. The van der Waals surface area contributed by atoms with Gasteiger partial charge in [-0.05, 0) is 94.2 Å². The molecule has 3 aliphatic heterocycles. The van der Waals surface area contributed by atoms with Crippen LogP contribution in [-0.4, -0.2) is 13.4 Å². The fraction of sp³-hybridized carbons (Fsp3) is 0.0233. The molecule has 3 aliphatic rings. The van der Waals surface area contributed by atoms with Crippen LogP contribution in [-0.2, 0) is 0 Å². The molecule has 0 fully saturated rings. The molecule has 230 valence electrons. The molecular weight excluding hydrogens is 601 g/mol. The lowest BCUT2D eigenvalue weighted by atomic mass is 9.33. The summed E-state index contributed by atoms with van der Waals surface area (Å²) in [5.74, 6) is 0.867. The number of fused-ring (bicyclic) bond motifs is 7. The van der Waals surface area contributed by atoms with Gasteiger partial charge in [-0.25, -0.2) is 0 Å². The minimum Gasteiger partial charge on any atom is -0.456 e. The summed E-state index contributed by atoms with van der Waals surface area (Å²) in [6.45, 7) is 0.629. The van der Waals surface area contributed by atoms with Gasteiger partial charge in [-0.1, -0.05) is 91.0 Å². The molecular formula is C43H28BN3O2. The zero-order chi connectivity index (χ0) is 32.1. The molecule has 0 saturated heterocycles. The molecule has 6 heteroatoms. The van der Waals surface area contributed by atoms with Crippen molar-refractivity contribution in [1.29, 1.82) is 0 Å². The fourth-order valence-electron chi connectivity index (χ4n) is 8.20. The van der Waals surface area contributed by atoms with Crippen molar-refractivity contribution in [2.75, 3.05) is 21.5 Å². The molecule has 0 spiro atoms. The Labute approximate surface area is 283 Å². The molecule has 0 N–H and O–H groups in total. The normalized spacial score (nSPS) is 14.0. The number of furan rings is 1. The highest BCUT2D eigenvalue weighted by Gasteiger charge is 2.45. The summed E-state index contributed by atoms with van der Waals surface area (Å²) in [6.07, 6.45) is 0. The van der Waals surface area contributed by atoms with E-state index in [2.05, 4.69) is 149 Å². The zero-order valence-electron chi connectivity index (χ0n) is 26.5. The fourth-order valence-corrected chi connectivity index (χ4v) is 8.20. The van der Waals surface area contributed by atoms with Gasteiger partial charge in [0.05, 0.1) is 11.4 Å². The zero-order valence-corrected chi connectivity index (χ0v) is 26.5. The quantitative estimate of drug-likeness (QED) is 0.183. The van der Waals surface area contributed by atoms with Crippen molar-refractivity contribution in [2.45, 2.75) is 0 Å². The first-order chi connectivity index (χ1) is 24.3. The minimum absolute atomic E-state index is 0.0474. The Hall–Kier alpha value is -6.40. The molecule has 0 unspecified atom stereocenters. The molecule has 0 saturated carbocycles. The van der Waals surface area contributed by atoms with Gasteiger partial charge in [0.25, 0.3) is 6.71 Å². The van der Waals surface area contributed by atoms with Crippen LogP contribution in [0.4, 0.5) is 34.1 Å². The van der Waals surface area contributed by atoms with Crippen molar-refractivity contribution >= 4 is 79.2 Å². The first kappa shape index (κ1) is 26.6. The Morgan fingerprint density at radius 2 is 1.22 bits per heavy atom. The van der Waals surface area contributed by atoms with Crippen molar-refractivity contribution < 1.29 is 9.25 Å². The van der Waals surface area contributed by atoms with Crippen LogP contribution < -0.4 is 36.1 Å². The predicted octanol–water partition coefficient (Wildman–Crippen LogP) is 8.78. The first-order valence-electron chi connectivity index (χ1n) is 16.7. The second-order valence-corrected chi connectivity index (χ2v) is 13.0. The Bertz CT molecular complexity index is 2600. The second-order valence-electron chi connectivity index (χ2n) is 13.0. The van der Waals surface area contributed by atoms with Crippen molar-refractivity contribution in [2.24, 2.45) is 0 Å². The Kier molecular flexibility index (Phi) is 5.47. The largest absolute Gasteiger partial charge is 0.456 e. The molecule has 0 bridgehead atoms. The van der Waals surface area contributed by atoms with E-state index < -0.39 is 0 Å². The van der Waals surface area contributed by atoms with Gasteiger partial charge in [-0.3, -0.25) is 0 Å². The van der Waals surface area contributed by atoms with Crippen LogP contribution in [0.1, 0.15) is 0 Å². The van der Waals surface area contributed by atoms with Crippen LogP contribution in [0.2, 0.25) is 0 Å². The Morgan fingerprint density at radius 3 is 2.10 bits per heavy atom. The highest BCUT2D eigenvalue weighted by molar-refractivity contribution is 7.00. The van der Waals surface area contributed by atoms with Crippen LogP contribution >= 0.6 is 0 Å². The van der Waals surface area contributed by atoms with Gasteiger partial charge in [-0.15, -0.1) is 0 Å². The maximum absolute atomic E-state index is 6.61. The third-order valence-corrected chi connectivity index (χ3v) is 10.3. The number of rotatable bonds is 3. The lowest BCUT2D eigenvalue weighted by Crippen LogP contribution is -2.63. The van der Waals surface area contributed by atoms with E-state index in [1.807, 2.05) is 23.3 Å². The molecule has 5 nitrogen and oxygen atoms in total. The third-order valence-electron chi connectivity index (χ3n) is 10.3. The molecule has 0 aliphatic carbocycles. The Morgan fingerprint density at radius 1 is 0.510 bits per heavy atom. The topological polar surface area (TPSA) is 32.1 Å². The summed E-state index contributed by atoms with van der Waals surface area (Å²) in [4.78, 5) is 11.5. The van der Waals surface area contributed by atoms with E-state index in [0.717, 1.165) is 55.9 Å². The summed E-state index contributed by atoms with van der Waals surface area (Å²) in [6, 6.07) is 56.1. The number of hydrogen-bond acceptors (Lipinski definition) is 5. The van der Waals surface area contributed by atoms with Crippen LogP contribution in [0.15, 0.2) is 162 Å². The SMILES string of the molecule is c1ccc(N2CN3c4cccc5c4B(c4ccc(-c6ccc7c(c6)oc6ccccc67)cc4N5c4ccccc4)c4cccc(c43)O2)cc1. The smallest absolute Gasteiger partial charge is 0.252 e. The van der Waals surface area contributed by atoms with Crippen molar-refractivity contribution in [3.05, 3.63) is 158 Å². The molecule has 49 heavy (non-hydrogen) atoms. The Balaban J connectivity index is 1.12. The third kappa shape index (κ3) is 3.83. The van der Waals surface area contributed by atoms with Gasteiger partial charge in [0, 0.05) is 33.5 Å². The standard InChI is InChI=1S/C43H28BN3O2/c1-3-11-30(12-4-1)46-27-45-36-17-10-18-37-42(36)44(35-16-9-20-40(49-46)43(35)45)34-24-22-28(25-38(34)47(37)31-13-5-2-6-14-31)29-21-23-33-32-15-7-8-19-39(32)48-41(33)26-29/h1-26H,27H2. The maximum atomic E-state index is 6.61. The summed E-state index contributed by atoms with van der Waals surface area (Å²) in [7, 11) is 0. The van der Waals surface area contributed by atoms with Crippen molar-refractivity contribution in [1.82, 2.24) is 0 Å². The van der Waals surface area contributed by atoms with Crippen LogP contribution in [0.3, 0.4) is 0 Å². The summed E-state index contributed by atoms with van der Waals surface area (Å²) < 4.78 is 6.30. The highest BCUT2D eigenvalue weighted by Crippen LogP contribution is 2.46. The van der Waals surface area contributed by atoms with E-state index in [-0.39, 0.29) is 6.71 Å². The molecule has 7 aromatic carbocycles. The number of anilines is 6. The number of nitrogens with zero attached hydrogens (tertiary/aromatic N) is 3. The van der Waals surface area contributed by atoms with Gasteiger partial charge in [0.15, 0.2) is 5.75 Å². The second kappa shape index (κ2) is 10.1. The minimum atomic E-state index is 0.0474. The summed E-state index contributed by atoms with van der Waals surface area (Å²) in [5, 5.41) is 4.27. The van der Waals surface area contributed by atoms with Crippen LogP contribution in [0.25, 0.3) is 33.1 Å². The van der Waals surface area contributed by atoms with Gasteiger partial charge in [-0.2, -0.15) is 5.06 Å². The summed E-state index contributed by atoms with van der Waals surface area (Å²) in [5.41, 5.74) is 14.8.